The second-order valence-electron chi connectivity index (χ2n) is 5.75. The molecule has 0 bridgehead atoms. The van der Waals surface area contributed by atoms with Crippen molar-refractivity contribution in [3.05, 3.63) is 62.5 Å². The quantitative estimate of drug-likeness (QED) is 0.576. The molecule has 1 fully saturated rings. The second-order valence-corrected chi connectivity index (χ2v) is 6.82. The molecule has 2 aromatic rings. The van der Waals surface area contributed by atoms with E-state index in [1.165, 1.54) is 24.3 Å². The van der Waals surface area contributed by atoms with Crippen molar-refractivity contribution in [2.75, 3.05) is 0 Å². The van der Waals surface area contributed by atoms with Gasteiger partial charge in [-0.1, -0.05) is 23.5 Å². The lowest BCUT2D eigenvalue weighted by Crippen LogP contribution is -2.32. The summed E-state index contributed by atoms with van der Waals surface area (Å²) >= 11 is 0.800. The van der Waals surface area contributed by atoms with Crippen LogP contribution >= 0.6 is 11.3 Å². The maximum Gasteiger partial charge on any atom is 0.416 e. The third-order valence-electron chi connectivity index (χ3n) is 3.87. The number of amides is 1. The van der Waals surface area contributed by atoms with Crippen LogP contribution in [0.15, 0.2) is 36.4 Å². The average Bonchev–Trinajstić information content (AvgIpc) is 3.26. The number of halogens is 3. The van der Waals surface area contributed by atoms with Crippen molar-refractivity contribution < 1.29 is 22.9 Å². The predicted octanol–water partition coefficient (Wildman–Crippen LogP) is 4.48. The van der Waals surface area contributed by atoms with Crippen LogP contribution in [0.5, 0.6) is 0 Å². The highest BCUT2D eigenvalue weighted by molar-refractivity contribution is 7.17. The summed E-state index contributed by atoms with van der Waals surface area (Å²) in [6, 6.07) is 7.39. The van der Waals surface area contributed by atoms with Crippen LogP contribution in [0.2, 0.25) is 0 Å². The molecule has 1 aliphatic rings. The van der Waals surface area contributed by atoms with Crippen molar-refractivity contribution in [2.45, 2.75) is 31.6 Å². The minimum absolute atomic E-state index is 0.0240. The molecule has 1 aromatic heterocycles. The van der Waals surface area contributed by atoms with Gasteiger partial charge in [-0.15, -0.1) is 0 Å². The van der Waals surface area contributed by atoms with Gasteiger partial charge in [0.25, 0.3) is 5.91 Å². The van der Waals surface area contributed by atoms with Crippen LogP contribution in [-0.4, -0.2) is 21.8 Å². The Labute approximate surface area is 144 Å². The standard InChI is InChI=1S/C16H13F3N2O3S/c17-16(18,19)11-3-1-10(2-4-11)9-20(12-5-6-12)15(22)13-7-8-14(25-13)21(23)24/h1-4,7-8,12H,5-6,9H2. The monoisotopic (exact) mass is 370 g/mol. The zero-order chi connectivity index (χ0) is 18.2. The Hall–Kier alpha value is -2.42. The molecule has 132 valence electrons. The molecule has 0 N–H and O–H groups in total. The van der Waals surface area contributed by atoms with Crippen molar-refractivity contribution in [1.29, 1.82) is 0 Å². The summed E-state index contributed by atoms with van der Waals surface area (Å²) in [7, 11) is 0. The Bertz CT molecular complexity index is 798. The third kappa shape index (κ3) is 3.98. The first kappa shape index (κ1) is 17.4. The molecule has 0 spiro atoms. The number of nitro groups is 1. The van der Waals surface area contributed by atoms with Gasteiger partial charge in [-0.05, 0) is 36.6 Å². The summed E-state index contributed by atoms with van der Waals surface area (Å²) < 4.78 is 37.9. The average molecular weight is 370 g/mol. The first-order valence-corrected chi connectivity index (χ1v) is 8.28. The van der Waals surface area contributed by atoms with Gasteiger partial charge in [0.05, 0.1) is 15.4 Å². The van der Waals surface area contributed by atoms with E-state index in [4.69, 9.17) is 0 Å². The lowest BCUT2D eigenvalue weighted by molar-refractivity contribution is -0.380. The lowest BCUT2D eigenvalue weighted by atomic mass is 10.1. The SMILES string of the molecule is O=C(c1ccc([N+](=O)[O-])s1)N(Cc1ccc(C(F)(F)F)cc1)C1CC1. The van der Waals surface area contributed by atoms with Gasteiger partial charge < -0.3 is 4.90 Å². The topological polar surface area (TPSA) is 63.4 Å². The highest BCUT2D eigenvalue weighted by Crippen LogP contribution is 2.33. The van der Waals surface area contributed by atoms with Gasteiger partial charge in [0.15, 0.2) is 0 Å². The second kappa shape index (κ2) is 6.47. The summed E-state index contributed by atoms with van der Waals surface area (Å²) in [6.45, 7) is 0.174. The number of carbonyl (C=O) groups excluding carboxylic acids is 1. The first-order valence-electron chi connectivity index (χ1n) is 7.47. The molecule has 0 aliphatic heterocycles. The largest absolute Gasteiger partial charge is 0.416 e. The zero-order valence-corrected chi connectivity index (χ0v) is 13.6. The smallest absolute Gasteiger partial charge is 0.331 e. The number of rotatable bonds is 5. The fourth-order valence-corrected chi connectivity index (χ4v) is 3.21. The maximum absolute atomic E-state index is 12.6. The van der Waals surface area contributed by atoms with Crippen LogP contribution in [0, 0.1) is 10.1 Å². The summed E-state index contributed by atoms with van der Waals surface area (Å²) in [4.78, 5) is 24.6. The van der Waals surface area contributed by atoms with E-state index in [0.29, 0.717) is 5.56 Å². The number of thiophene rings is 1. The Morgan fingerprint density at radius 2 is 1.84 bits per heavy atom. The fourth-order valence-electron chi connectivity index (χ4n) is 2.43. The summed E-state index contributed by atoms with van der Waals surface area (Å²) in [5.41, 5.74) is -0.159. The number of nitrogens with zero attached hydrogens (tertiary/aromatic N) is 2. The molecule has 25 heavy (non-hydrogen) atoms. The van der Waals surface area contributed by atoms with Crippen LogP contribution in [-0.2, 0) is 12.7 Å². The Balaban J connectivity index is 1.77. The molecule has 0 atom stereocenters. The number of hydrogen-bond donors (Lipinski definition) is 0. The normalized spacial score (nSPS) is 14.4. The van der Waals surface area contributed by atoms with Gasteiger partial charge in [-0.25, -0.2) is 0 Å². The van der Waals surface area contributed by atoms with E-state index in [-0.39, 0.29) is 28.4 Å². The van der Waals surface area contributed by atoms with Gasteiger partial charge in [0, 0.05) is 18.7 Å². The molecule has 1 heterocycles. The Morgan fingerprint density at radius 1 is 1.20 bits per heavy atom. The number of benzene rings is 1. The lowest BCUT2D eigenvalue weighted by Gasteiger charge is -2.22. The molecular formula is C16H13F3N2O3S. The molecule has 1 aromatic carbocycles. The van der Waals surface area contributed by atoms with E-state index in [0.717, 1.165) is 36.3 Å². The molecule has 0 saturated heterocycles. The van der Waals surface area contributed by atoms with E-state index in [1.807, 2.05) is 0 Å². The van der Waals surface area contributed by atoms with Crippen LogP contribution < -0.4 is 0 Å². The molecule has 0 unspecified atom stereocenters. The molecule has 5 nitrogen and oxygen atoms in total. The Kier molecular flexibility index (Phi) is 4.51. The van der Waals surface area contributed by atoms with Gasteiger partial charge in [0.1, 0.15) is 0 Å². The molecule has 9 heteroatoms. The van der Waals surface area contributed by atoms with Gasteiger partial charge >= 0.3 is 11.2 Å². The molecule has 3 rings (SSSR count). The van der Waals surface area contributed by atoms with Crippen molar-refractivity contribution in [2.24, 2.45) is 0 Å². The summed E-state index contributed by atoms with van der Waals surface area (Å²) in [5.74, 6) is -0.333. The summed E-state index contributed by atoms with van der Waals surface area (Å²) in [6.07, 6.45) is -2.76. The van der Waals surface area contributed by atoms with Crippen molar-refractivity contribution >= 4 is 22.2 Å². The van der Waals surface area contributed by atoms with Crippen LogP contribution in [0.1, 0.15) is 33.6 Å². The predicted molar refractivity (Wildman–Crippen MR) is 85.3 cm³/mol. The van der Waals surface area contributed by atoms with Crippen molar-refractivity contribution in [3.63, 3.8) is 0 Å². The van der Waals surface area contributed by atoms with E-state index in [2.05, 4.69) is 0 Å². The van der Waals surface area contributed by atoms with Crippen molar-refractivity contribution in [1.82, 2.24) is 4.90 Å². The van der Waals surface area contributed by atoms with Gasteiger partial charge in [-0.2, -0.15) is 13.2 Å². The fraction of sp³-hybridized carbons (Fsp3) is 0.312. The molecule has 0 radical (unpaired) electrons. The molecule has 1 saturated carbocycles. The minimum atomic E-state index is -4.40. The van der Waals surface area contributed by atoms with E-state index in [9.17, 15) is 28.1 Å². The third-order valence-corrected chi connectivity index (χ3v) is 4.89. The highest BCUT2D eigenvalue weighted by atomic mass is 32.1. The minimum Gasteiger partial charge on any atom is -0.331 e. The number of carbonyl (C=O) groups is 1. The van der Waals surface area contributed by atoms with Crippen LogP contribution in [0.25, 0.3) is 0 Å². The van der Waals surface area contributed by atoms with Crippen LogP contribution in [0.4, 0.5) is 18.2 Å². The molecular weight excluding hydrogens is 357 g/mol. The van der Waals surface area contributed by atoms with E-state index in [1.54, 1.807) is 4.90 Å². The highest BCUT2D eigenvalue weighted by Gasteiger charge is 2.34. The van der Waals surface area contributed by atoms with E-state index < -0.39 is 16.7 Å². The molecule has 1 aliphatic carbocycles. The maximum atomic E-state index is 12.6. The van der Waals surface area contributed by atoms with Crippen LogP contribution in [0.3, 0.4) is 0 Å². The molecule has 1 amide bonds. The van der Waals surface area contributed by atoms with Gasteiger partial charge in [-0.3, -0.25) is 14.9 Å². The zero-order valence-electron chi connectivity index (χ0n) is 12.8. The van der Waals surface area contributed by atoms with Gasteiger partial charge in [0.2, 0.25) is 0 Å². The number of alkyl halides is 3. The first-order chi connectivity index (χ1) is 11.8. The van der Waals surface area contributed by atoms with E-state index >= 15 is 0 Å². The number of hydrogen-bond acceptors (Lipinski definition) is 4. The Morgan fingerprint density at radius 3 is 2.32 bits per heavy atom. The van der Waals surface area contributed by atoms with Crippen molar-refractivity contribution in [3.8, 4) is 0 Å². The summed E-state index contributed by atoms with van der Waals surface area (Å²) in [5, 5.41) is 10.6.